The molecule has 34 heavy (non-hydrogen) atoms. The Labute approximate surface area is 213 Å². The average molecular weight is 562 g/mol. The van der Waals surface area contributed by atoms with Gasteiger partial charge in [-0.1, -0.05) is 29.8 Å². The zero-order valence-electron chi connectivity index (χ0n) is 19.0. The van der Waals surface area contributed by atoms with E-state index >= 15 is 0 Å². The van der Waals surface area contributed by atoms with E-state index in [1.807, 2.05) is 51.1 Å². The first kappa shape index (κ1) is 25.9. The van der Waals surface area contributed by atoms with Crippen LogP contribution in [0.15, 0.2) is 70.0 Å². The number of aryl methyl sites for hydroxylation is 3. The first-order valence-electron chi connectivity index (χ1n) is 10.4. The van der Waals surface area contributed by atoms with Gasteiger partial charge < -0.3 is 10.1 Å². The second kappa shape index (κ2) is 11.1. The monoisotopic (exact) mass is 560 g/mol. The third-order valence-corrected chi connectivity index (χ3v) is 7.52. The molecule has 6 nitrogen and oxygen atoms in total. The number of ether oxygens (including phenoxy) is 1. The Morgan fingerprint density at radius 1 is 0.971 bits per heavy atom. The van der Waals surface area contributed by atoms with Crippen molar-refractivity contribution in [1.29, 1.82) is 0 Å². The van der Waals surface area contributed by atoms with Crippen molar-refractivity contribution in [2.24, 2.45) is 0 Å². The molecule has 0 saturated carbocycles. The van der Waals surface area contributed by atoms with Crippen molar-refractivity contribution >= 4 is 54.7 Å². The smallest absolute Gasteiger partial charge is 0.264 e. The second-order valence-corrected chi connectivity index (χ2v) is 11.2. The molecule has 0 spiro atoms. The molecule has 178 valence electrons. The van der Waals surface area contributed by atoms with Crippen LogP contribution in [0.1, 0.15) is 22.3 Å². The predicted molar refractivity (Wildman–Crippen MR) is 142 cm³/mol. The third kappa shape index (κ3) is 7.12. The Balaban J connectivity index is 1.55. The Hall–Kier alpha value is -2.75. The van der Waals surface area contributed by atoms with Crippen LogP contribution in [0.2, 0.25) is 0 Å². The molecule has 0 heterocycles. The van der Waals surface area contributed by atoms with Crippen LogP contribution in [0.3, 0.4) is 0 Å². The predicted octanol–water partition coefficient (Wildman–Crippen LogP) is 5.24. The van der Waals surface area contributed by atoms with Gasteiger partial charge in [0.2, 0.25) is 0 Å². The van der Waals surface area contributed by atoms with E-state index in [2.05, 4.69) is 26.6 Å². The molecule has 0 saturated heterocycles. The average Bonchev–Trinajstić information content (AvgIpc) is 2.75. The van der Waals surface area contributed by atoms with Gasteiger partial charge in [0.15, 0.2) is 21.6 Å². The van der Waals surface area contributed by atoms with Gasteiger partial charge in [-0.25, -0.2) is 8.42 Å². The van der Waals surface area contributed by atoms with E-state index in [-0.39, 0.29) is 22.4 Å². The summed E-state index contributed by atoms with van der Waals surface area (Å²) in [5.74, 6) is 0.0622. The maximum absolute atomic E-state index is 12.8. The molecule has 0 aromatic heterocycles. The van der Waals surface area contributed by atoms with Crippen molar-refractivity contribution in [3.05, 3.63) is 87.4 Å². The molecule has 9 heteroatoms. The lowest BCUT2D eigenvalue weighted by Crippen LogP contribution is -2.37. The van der Waals surface area contributed by atoms with Gasteiger partial charge in [0.25, 0.3) is 5.91 Å². The van der Waals surface area contributed by atoms with Gasteiger partial charge in [-0.15, -0.1) is 0 Å². The lowest BCUT2D eigenvalue weighted by atomic mass is 10.1. The fourth-order valence-corrected chi connectivity index (χ4v) is 5.52. The number of thiocarbonyl (C=S) groups is 1. The van der Waals surface area contributed by atoms with E-state index in [0.717, 1.165) is 26.7 Å². The highest BCUT2D eigenvalue weighted by Gasteiger charge is 2.17. The number of rotatable bonds is 7. The third-order valence-electron chi connectivity index (χ3n) is 5.01. The van der Waals surface area contributed by atoms with Crippen LogP contribution in [0.5, 0.6) is 5.75 Å². The molecule has 0 fully saturated rings. The van der Waals surface area contributed by atoms with E-state index < -0.39 is 15.7 Å². The molecular weight excluding hydrogens is 536 g/mol. The Bertz CT molecular complexity index is 1320. The van der Waals surface area contributed by atoms with Crippen LogP contribution < -0.4 is 15.4 Å². The Morgan fingerprint density at radius 3 is 2.26 bits per heavy atom. The zero-order chi connectivity index (χ0) is 24.9. The number of hydrogen-bond donors (Lipinski definition) is 2. The first-order chi connectivity index (χ1) is 16.0. The van der Waals surface area contributed by atoms with Crippen molar-refractivity contribution in [1.82, 2.24) is 5.32 Å². The van der Waals surface area contributed by atoms with Crippen molar-refractivity contribution in [2.75, 3.05) is 11.9 Å². The minimum atomic E-state index is -3.50. The van der Waals surface area contributed by atoms with Crippen molar-refractivity contribution in [2.45, 2.75) is 31.4 Å². The standard InChI is InChI=1S/C25H25BrN2O4S2/c1-16-4-6-19(18(3)12-16)15-34(30,31)21-9-7-20(8-10-21)27-25(33)28-24(29)14-32-23-11-5-17(2)13-22(23)26/h4-13H,14-15H2,1-3H3,(H2,27,28,29,33). The second-order valence-electron chi connectivity index (χ2n) is 7.94. The molecule has 0 atom stereocenters. The van der Waals surface area contributed by atoms with Gasteiger partial charge in [0, 0.05) is 5.69 Å². The minimum Gasteiger partial charge on any atom is -0.483 e. The number of carbonyl (C=O) groups is 1. The van der Waals surface area contributed by atoms with E-state index in [9.17, 15) is 13.2 Å². The molecule has 3 aromatic rings. The van der Waals surface area contributed by atoms with Gasteiger partial charge in [-0.2, -0.15) is 0 Å². The van der Waals surface area contributed by atoms with Gasteiger partial charge >= 0.3 is 0 Å². The number of amides is 1. The van der Waals surface area contributed by atoms with E-state index in [4.69, 9.17) is 17.0 Å². The van der Waals surface area contributed by atoms with Crippen LogP contribution in [-0.4, -0.2) is 26.0 Å². The summed E-state index contributed by atoms with van der Waals surface area (Å²) in [6, 6.07) is 17.5. The molecule has 1 amide bonds. The molecule has 3 aromatic carbocycles. The Morgan fingerprint density at radius 2 is 1.62 bits per heavy atom. The van der Waals surface area contributed by atoms with Gasteiger partial charge in [0.1, 0.15) is 5.75 Å². The number of nitrogens with one attached hydrogen (secondary N) is 2. The minimum absolute atomic E-state index is 0.0720. The molecule has 2 N–H and O–H groups in total. The maximum atomic E-state index is 12.8. The van der Waals surface area contributed by atoms with Crippen LogP contribution in [0, 0.1) is 20.8 Å². The topological polar surface area (TPSA) is 84.5 Å². The number of carbonyl (C=O) groups excluding carboxylic acids is 1. The largest absolute Gasteiger partial charge is 0.483 e. The van der Waals surface area contributed by atoms with Crippen LogP contribution in [0.25, 0.3) is 0 Å². The molecule has 0 aliphatic heterocycles. The number of halogens is 1. The highest BCUT2D eigenvalue weighted by molar-refractivity contribution is 9.10. The molecule has 0 aliphatic rings. The summed E-state index contributed by atoms with van der Waals surface area (Å²) in [6.07, 6.45) is 0. The van der Waals surface area contributed by atoms with Crippen LogP contribution >= 0.6 is 28.1 Å². The lowest BCUT2D eigenvalue weighted by molar-refractivity contribution is -0.121. The fourth-order valence-electron chi connectivity index (χ4n) is 3.23. The summed E-state index contributed by atoms with van der Waals surface area (Å²) < 4.78 is 31.9. The molecule has 3 rings (SSSR count). The summed E-state index contributed by atoms with van der Waals surface area (Å²) >= 11 is 8.58. The van der Waals surface area contributed by atoms with Gasteiger partial charge in [0.05, 0.1) is 15.1 Å². The highest BCUT2D eigenvalue weighted by atomic mass is 79.9. The normalized spacial score (nSPS) is 11.1. The summed E-state index contributed by atoms with van der Waals surface area (Å²) in [6.45, 7) is 5.63. The van der Waals surface area contributed by atoms with E-state index in [0.29, 0.717) is 11.4 Å². The van der Waals surface area contributed by atoms with Gasteiger partial charge in [-0.3, -0.25) is 10.1 Å². The molecule has 0 radical (unpaired) electrons. The summed E-state index contributed by atoms with van der Waals surface area (Å²) in [5, 5.41) is 5.50. The van der Waals surface area contributed by atoms with Crippen molar-refractivity contribution < 1.29 is 17.9 Å². The summed E-state index contributed by atoms with van der Waals surface area (Å²) in [4.78, 5) is 12.4. The maximum Gasteiger partial charge on any atom is 0.264 e. The number of anilines is 1. The molecule has 0 bridgehead atoms. The number of sulfone groups is 1. The SMILES string of the molecule is Cc1ccc(CS(=O)(=O)c2ccc(NC(=S)NC(=O)COc3ccc(C)cc3Br)cc2)c(C)c1. The summed E-state index contributed by atoms with van der Waals surface area (Å²) in [7, 11) is -3.50. The van der Waals surface area contributed by atoms with E-state index in [1.165, 1.54) is 12.1 Å². The fraction of sp³-hybridized carbons (Fsp3) is 0.200. The van der Waals surface area contributed by atoms with E-state index in [1.54, 1.807) is 18.2 Å². The summed E-state index contributed by atoms with van der Waals surface area (Å²) in [5.41, 5.74) is 4.43. The van der Waals surface area contributed by atoms with Gasteiger partial charge in [-0.05, 0) is 102 Å². The van der Waals surface area contributed by atoms with Crippen molar-refractivity contribution in [3.63, 3.8) is 0 Å². The highest BCUT2D eigenvalue weighted by Crippen LogP contribution is 2.25. The first-order valence-corrected chi connectivity index (χ1v) is 13.3. The number of benzene rings is 3. The Kier molecular flexibility index (Phi) is 8.46. The molecule has 0 aliphatic carbocycles. The molecule has 0 unspecified atom stereocenters. The zero-order valence-corrected chi connectivity index (χ0v) is 22.2. The van der Waals surface area contributed by atoms with Crippen molar-refractivity contribution in [3.8, 4) is 5.75 Å². The lowest BCUT2D eigenvalue weighted by Gasteiger charge is -2.12. The quantitative estimate of drug-likeness (QED) is 0.384. The number of hydrogen-bond acceptors (Lipinski definition) is 5. The molecular formula is C25H25BrN2O4S2. The van der Waals surface area contributed by atoms with Crippen LogP contribution in [-0.2, 0) is 20.4 Å². The van der Waals surface area contributed by atoms with Crippen LogP contribution in [0.4, 0.5) is 5.69 Å².